The summed E-state index contributed by atoms with van der Waals surface area (Å²) in [7, 11) is 0. The fourth-order valence-corrected chi connectivity index (χ4v) is 0. The molecule has 26 valence electrons. The van der Waals surface area contributed by atoms with E-state index >= 15 is 0 Å². The number of rotatable bonds is 0. The largest absolute Gasteiger partial charge is 2.00 e. The maximum Gasteiger partial charge on any atom is 2.00 e. The Morgan fingerprint density at radius 3 is 0.600 bits per heavy atom. The molecule has 0 saturated carbocycles. The SMILES string of the molecule is [I-].[I-].[I-].[Sr+2].[Tl+]. The second-order valence-corrected chi connectivity index (χ2v) is 0. The molecule has 0 nitrogen and oxygen atoms in total. The Kier molecular flexibility index (Phi) is 158. The Morgan fingerprint density at radius 2 is 0.600 bits per heavy atom. The molecule has 0 unspecified atom stereocenters. The van der Waals surface area contributed by atoms with Gasteiger partial charge in [-0.1, -0.05) is 0 Å². The van der Waals surface area contributed by atoms with Gasteiger partial charge in [0.05, 0.1) is 0 Å². The standard InChI is InChI=1S/3HI.Sr.Tl/h3*1H;;/q;;;+2;+1/p-3. The van der Waals surface area contributed by atoms with Crippen LogP contribution in [0.2, 0.25) is 0 Å². The van der Waals surface area contributed by atoms with Crippen LogP contribution < -0.4 is 71.9 Å². The molecule has 0 heterocycles. The Morgan fingerprint density at radius 1 is 0.600 bits per heavy atom. The Balaban J connectivity index is 0. The van der Waals surface area contributed by atoms with Gasteiger partial charge in [0, 0.05) is 0 Å². The molecule has 0 aromatic carbocycles. The third-order valence-electron chi connectivity index (χ3n) is 0. The molecule has 0 saturated heterocycles. The molecule has 0 atom stereocenters. The van der Waals surface area contributed by atoms with E-state index in [1.165, 1.54) is 0 Å². The number of halogens is 3. The van der Waals surface area contributed by atoms with Gasteiger partial charge in [0.25, 0.3) is 0 Å². The van der Waals surface area contributed by atoms with Crippen molar-refractivity contribution in [3.63, 3.8) is 0 Å². The van der Waals surface area contributed by atoms with Crippen molar-refractivity contribution in [2.24, 2.45) is 0 Å². The van der Waals surface area contributed by atoms with E-state index in [-0.39, 0.29) is 145 Å². The number of hydrogen-bond acceptors (Lipinski definition) is 0. The molecular weight excluding hydrogens is 673 g/mol. The fourth-order valence-electron chi connectivity index (χ4n) is 0. The molecule has 5 heavy (non-hydrogen) atoms. The van der Waals surface area contributed by atoms with Crippen molar-refractivity contribution in [2.75, 3.05) is 0 Å². The van der Waals surface area contributed by atoms with Gasteiger partial charge >= 0.3 is 72.8 Å². The minimum Gasteiger partial charge on any atom is -1.00 e. The van der Waals surface area contributed by atoms with Crippen molar-refractivity contribution >= 4 is 72.8 Å². The summed E-state index contributed by atoms with van der Waals surface area (Å²) in [6.45, 7) is 0. The second-order valence-electron chi connectivity index (χ2n) is 0. The first-order valence-corrected chi connectivity index (χ1v) is 0. The summed E-state index contributed by atoms with van der Waals surface area (Å²) in [5.74, 6) is 0. The minimum atomic E-state index is 0. The van der Waals surface area contributed by atoms with Gasteiger partial charge in [-0.25, -0.2) is 0 Å². The Labute approximate surface area is 140 Å². The molecule has 0 aromatic heterocycles. The molecule has 0 fully saturated rings. The van der Waals surface area contributed by atoms with Gasteiger partial charge in [0.2, 0.25) is 0 Å². The predicted molar refractivity (Wildman–Crippen MR) is 11.5 cm³/mol. The molecule has 0 spiro atoms. The zero-order valence-corrected chi connectivity index (χ0v) is 16.9. The van der Waals surface area contributed by atoms with Gasteiger partial charge in [0.15, 0.2) is 0 Å². The van der Waals surface area contributed by atoms with Crippen molar-refractivity contribution in [2.45, 2.75) is 0 Å². The molecule has 0 radical (unpaired) electrons. The van der Waals surface area contributed by atoms with Gasteiger partial charge in [-0.3, -0.25) is 0 Å². The molecule has 0 amide bonds. The summed E-state index contributed by atoms with van der Waals surface area (Å²) in [6.07, 6.45) is 0. The van der Waals surface area contributed by atoms with Crippen molar-refractivity contribution in [3.05, 3.63) is 0 Å². The van der Waals surface area contributed by atoms with Crippen molar-refractivity contribution in [1.82, 2.24) is 0 Å². The van der Waals surface area contributed by atoms with Crippen molar-refractivity contribution in [3.8, 4) is 0 Å². The van der Waals surface area contributed by atoms with Crippen LogP contribution in [0.15, 0.2) is 0 Å². The van der Waals surface area contributed by atoms with E-state index in [0.717, 1.165) is 0 Å². The van der Waals surface area contributed by atoms with Gasteiger partial charge in [0.1, 0.15) is 0 Å². The predicted octanol–water partition coefficient (Wildman–Crippen LogP) is -9.75. The minimum absolute atomic E-state index is 0. The fraction of sp³-hybridized carbons (Fsp3) is 0. The smallest absolute Gasteiger partial charge is 1.00 e. The average Bonchev–Trinajstić information content (AvgIpc) is 0. The molecule has 5 heteroatoms. The monoisotopic (exact) mass is 674 g/mol. The molecule has 0 aliphatic carbocycles. The van der Waals surface area contributed by atoms with E-state index in [2.05, 4.69) is 0 Å². The molecular formula is I3SrTl. The third-order valence-corrected chi connectivity index (χ3v) is 0. The maximum atomic E-state index is 0. The van der Waals surface area contributed by atoms with E-state index < -0.39 is 0 Å². The summed E-state index contributed by atoms with van der Waals surface area (Å²) in [6, 6.07) is 0. The van der Waals surface area contributed by atoms with E-state index in [1.54, 1.807) is 0 Å². The topological polar surface area (TPSA) is 0 Å². The van der Waals surface area contributed by atoms with Crippen LogP contribution >= 0.6 is 0 Å². The van der Waals surface area contributed by atoms with Crippen molar-refractivity contribution in [1.29, 1.82) is 0 Å². The average molecular weight is 673 g/mol. The summed E-state index contributed by atoms with van der Waals surface area (Å²) < 4.78 is 0. The summed E-state index contributed by atoms with van der Waals surface area (Å²) in [5.41, 5.74) is 0. The summed E-state index contributed by atoms with van der Waals surface area (Å²) in [4.78, 5) is 0. The van der Waals surface area contributed by atoms with Crippen LogP contribution in [0.4, 0.5) is 0 Å². The number of hydrogen-bond donors (Lipinski definition) is 0. The van der Waals surface area contributed by atoms with Crippen LogP contribution in [-0.4, -0.2) is 72.8 Å². The Bertz CT molecular complexity index is 6.85. The quantitative estimate of drug-likeness (QED) is 0.177. The van der Waals surface area contributed by atoms with E-state index in [0.29, 0.717) is 0 Å². The molecule has 0 aromatic rings. The Hall–Kier alpha value is 4.59. The van der Waals surface area contributed by atoms with E-state index in [9.17, 15) is 0 Å². The summed E-state index contributed by atoms with van der Waals surface area (Å²) >= 11 is 0. The van der Waals surface area contributed by atoms with Crippen LogP contribution in [0.5, 0.6) is 0 Å². The first-order chi connectivity index (χ1) is 0. The molecule has 0 aliphatic heterocycles. The normalized spacial score (nSPS) is 0. The maximum absolute atomic E-state index is 0. The van der Waals surface area contributed by atoms with Crippen molar-refractivity contribution < 1.29 is 71.9 Å². The molecule has 0 rings (SSSR count). The van der Waals surface area contributed by atoms with Gasteiger partial charge in [-0.2, -0.15) is 0 Å². The van der Waals surface area contributed by atoms with E-state index in [4.69, 9.17) is 0 Å². The van der Waals surface area contributed by atoms with E-state index in [1.807, 2.05) is 0 Å². The van der Waals surface area contributed by atoms with Gasteiger partial charge in [-0.15, -0.1) is 0 Å². The molecule has 0 N–H and O–H groups in total. The first kappa shape index (κ1) is 33.6. The van der Waals surface area contributed by atoms with Crippen LogP contribution in [0, 0.1) is 0 Å². The van der Waals surface area contributed by atoms with Crippen LogP contribution in [0.1, 0.15) is 0 Å². The van der Waals surface area contributed by atoms with Crippen LogP contribution in [-0.2, 0) is 0 Å². The third kappa shape index (κ3) is 17.7. The second kappa shape index (κ2) is 23.5. The van der Waals surface area contributed by atoms with Gasteiger partial charge in [-0.05, 0) is 0 Å². The van der Waals surface area contributed by atoms with Crippen LogP contribution in [0.3, 0.4) is 0 Å². The van der Waals surface area contributed by atoms with Crippen LogP contribution in [0.25, 0.3) is 0 Å². The first-order valence-electron chi connectivity index (χ1n) is 0. The molecule has 0 aliphatic rings. The zero-order valence-electron chi connectivity index (χ0n) is 2.42. The summed E-state index contributed by atoms with van der Waals surface area (Å²) in [5, 5.41) is 0. The zero-order chi connectivity index (χ0) is 0. The molecule has 0 bridgehead atoms. The van der Waals surface area contributed by atoms with Gasteiger partial charge < -0.3 is 71.9 Å².